The Labute approximate surface area is 71.3 Å². The van der Waals surface area contributed by atoms with E-state index in [1.807, 2.05) is 0 Å². The van der Waals surface area contributed by atoms with Gasteiger partial charge in [-0.15, -0.1) is 0 Å². The molecule has 1 heterocycles. The lowest BCUT2D eigenvalue weighted by Crippen LogP contribution is -2.48. The van der Waals surface area contributed by atoms with Crippen molar-refractivity contribution in [2.24, 2.45) is 5.92 Å². The van der Waals surface area contributed by atoms with Crippen LogP contribution in [0, 0.1) is 5.92 Å². The van der Waals surface area contributed by atoms with E-state index in [1.165, 1.54) is 0 Å². The Hall–Kier alpha value is -0.610. The number of carboxylic acid groups (broad SMARTS) is 1. The highest BCUT2D eigenvalue weighted by Gasteiger charge is 2.48. The second-order valence-corrected chi connectivity index (χ2v) is 3.72. The minimum Gasteiger partial charge on any atom is -0.481 e. The minimum absolute atomic E-state index is 0.133. The van der Waals surface area contributed by atoms with Crippen molar-refractivity contribution in [2.45, 2.75) is 24.8 Å². The fraction of sp³-hybridized carbons (Fsp3) is 0.875. The Kier molecular flexibility index (Phi) is 1.81. The summed E-state index contributed by atoms with van der Waals surface area (Å²) in [5, 5.41) is 15.4. The highest BCUT2D eigenvalue weighted by Crippen LogP contribution is 2.36. The van der Waals surface area contributed by atoms with Crippen molar-refractivity contribution in [1.29, 1.82) is 0 Å². The molecule has 12 heavy (non-hydrogen) atoms. The molecule has 3 N–H and O–H groups in total. The monoisotopic (exact) mass is 170 g/mol. The minimum atomic E-state index is -0.649. The molecule has 4 nitrogen and oxygen atoms in total. The summed E-state index contributed by atoms with van der Waals surface area (Å²) in [6.45, 7) is 1.56. The molecule has 1 saturated carbocycles. The molecule has 68 valence electrons. The first kappa shape index (κ1) is 8.01. The van der Waals surface area contributed by atoms with Gasteiger partial charge in [-0.1, -0.05) is 6.42 Å². The SMILES string of the molecule is O=C(O)C1CCCC12CNCN2. The third-order valence-electron chi connectivity index (χ3n) is 3.09. The average molecular weight is 170 g/mol. The summed E-state index contributed by atoms with van der Waals surface area (Å²) in [6.07, 6.45) is 2.85. The lowest BCUT2D eigenvalue weighted by molar-refractivity contribution is -0.143. The molecule has 2 atom stereocenters. The van der Waals surface area contributed by atoms with E-state index in [9.17, 15) is 4.79 Å². The average Bonchev–Trinajstić information content (AvgIpc) is 2.61. The van der Waals surface area contributed by atoms with Crippen LogP contribution in [-0.2, 0) is 4.79 Å². The van der Waals surface area contributed by atoms with Crippen LogP contribution in [0.2, 0.25) is 0 Å². The van der Waals surface area contributed by atoms with Crippen molar-refractivity contribution in [1.82, 2.24) is 10.6 Å². The molecule has 0 amide bonds. The summed E-state index contributed by atoms with van der Waals surface area (Å²) in [5.74, 6) is -0.837. The van der Waals surface area contributed by atoms with Crippen LogP contribution in [0.3, 0.4) is 0 Å². The van der Waals surface area contributed by atoms with Gasteiger partial charge in [0.15, 0.2) is 0 Å². The molecule has 2 unspecified atom stereocenters. The Balaban J connectivity index is 2.17. The van der Waals surface area contributed by atoms with Crippen molar-refractivity contribution in [3.8, 4) is 0 Å². The molecule has 0 aromatic heterocycles. The van der Waals surface area contributed by atoms with E-state index in [0.29, 0.717) is 0 Å². The van der Waals surface area contributed by atoms with Crippen LogP contribution in [-0.4, -0.2) is 29.8 Å². The fourth-order valence-corrected chi connectivity index (χ4v) is 2.44. The lowest BCUT2D eigenvalue weighted by Gasteiger charge is -2.27. The molecule has 0 radical (unpaired) electrons. The topological polar surface area (TPSA) is 61.4 Å². The van der Waals surface area contributed by atoms with Gasteiger partial charge in [-0.25, -0.2) is 0 Å². The van der Waals surface area contributed by atoms with Crippen molar-refractivity contribution in [2.75, 3.05) is 13.2 Å². The first-order chi connectivity index (χ1) is 5.75. The molecule has 4 heteroatoms. The third kappa shape index (κ3) is 1.03. The van der Waals surface area contributed by atoms with Crippen LogP contribution in [0.25, 0.3) is 0 Å². The maximum Gasteiger partial charge on any atom is 0.308 e. The zero-order valence-corrected chi connectivity index (χ0v) is 6.97. The molecule has 2 aliphatic rings. The molecule has 0 aromatic rings. The van der Waals surface area contributed by atoms with Crippen molar-refractivity contribution in [3.05, 3.63) is 0 Å². The summed E-state index contributed by atoms with van der Waals surface area (Å²) >= 11 is 0. The number of nitrogens with one attached hydrogen (secondary N) is 2. The number of hydrogen-bond acceptors (Lipinski definition) is 3. The van der Waals surface area contributed by atoms with Crippen molar-refractivity contribution in [3.63, 3.8) is 0 Å². The van der Waals surface area contributed by atoms with E-state index in [2.05, 4.69) is 10.6 Å². The number of rotatable bonds is 1. The lowest BCUT2D eigenvalue weighted by atomic mass is 9.88. The van der Waals surface area contributed by atoms with Gasteiger partial charge in [-0.2, -0.15) is 0 Å². The normalized spacial score (nSPS) is 40.8. The Morgan fingerprint density at radius 1 is 1.58 bits per heavy atom. The molecule has 1 aliphatic heterocycles. The van der Waals surface area contributed by atoms with Crippen LogP contribution < -0.4 is 10.6 Å². The van der Waals surface area contributed by atoms with E-state index in [4.69, 9.17) is 5.11 Å². The van der Waals surface area contributed by atoms with Gasteiger partial charge in [0.1, 0.15) is 0 Å². The standard InChI is InChI=1S/C8H14N2O2/c11-7(12)6-2-1-3-8(6)4-9-5-10-8/h6,9-10H,1-5H2,(H,11,12). The summed E-state index contributed by atoms with van der Waals surface area (Å²) in [4.78, 5) is 10.9. The zero-order chi connectivity index (χ0) is 8.60. The summed E-state index contributed by atoms with van der Waals surface area (Å²) in [7, 11) is 0. The molecule has 2 rings (SSSR count). The predicted molar refractivity (Wildman–Crippen MR) is 43.7 cm³/mol. The van der Waals surface area contributed by atoms with E-state index < -0.39 is 5.97 Å². The van der Waals surface area contributed by atoms with Crippen LogP contribution in [0.5, 0.6) is 0 Å². The zero-order valence-electron chi connectivity index (χ0n) is 6.97. The first-order valence-electron chi connectivity index (χ1n) is 4.43. The molecular weight excluding hydrogens is 156 g/mol. The van der Waals surface area contributed by atoms with Crippen molar-refractivity contribution < 1.29 is 9.90 Å². The Morgan fingerprint density at radius 2 is 2.42 bits per heavy atom. The quantitative estimate of drug-likeness (QED) is 0.508. The summed E-state index contributed by atoms with van der Waals surface area (Å²) in [5.41, 5.74) is -0.133. The second-order valence-electron chi connectivity index (χ2n) is 3.72. The van der Waals surface area contributed by atoms with Gasteiger partial charge >= 0.3 is 5.97 Å². The molecule has 0 bridgehead atoms. The molecular formula is C8H14N2O2. The number of hydrogen-bond donors (Lipinski definition) is 3. The Morgan fingerprint density at radius 3 is 3.00 bits per heavy atom. The molecule has 1 aliphatic carbocycles. The van der Waals surface area contributed by atoms with Gasteiger partial charge in [0.25, 0.3) is 0 Å². The third-order valence-corrected chi connectivity index (χ3v) is 3.09. The van der Waals surface area contributed by atoms with Crippen molar-refractivity contribution >= 4 is 5.97 Å². The van der Waals surface area contributed by atoms with E-state index >= 15 is 0 Å². The molecule has 1 saturated heterocycles. The van der Waals surface area contributed by atoms with E-state index in [-0.39, 0.29) is 11.5 Å². The maximum atomic E-state index is 10.9. The van der Waals surface area contributed by atoms with E-state index in [0.717, 1.165) is 32.5 Å². The van der Waals surface area contributed by atoms with Gasteiger partial charge in [0.2, 0.25) is 0 Å². The first-order valence-corrected chi connectivity index (χ1v) is 4.43. The maximum absolute atomic E-state index is 10.9. The number of carbonyl (C=O) groups is 1. The van der Waals surface area contributed by atoms with Crippen LogP contribution in [0.1, 0.15) is 19.3 Å². The van der Waals surface area contributed by atoms with Crippen LogP contribution in [0.15, 0.2) is 0 Å². The van der Waals surface area contributed by atoms with Gasteiger partial charge in [-0.3, -0.25) is 10.1 Å². The highest BCUT2D eigenvalue weighted by molar-refractivity contribution is 5.72. The fourth-order valence-electron chi connectivity index (χ4n) is 2.44. The van der Waals surface area contributed by atoms with Crippen LogP contribution >= 0.6 is 0 Å². The van der Waals surface area contributed by atoms with Crippen LogP contribution in [0.4, 0.5) is 0 Å². The smallest absolute Gasteiger partial charge is 0.308 e. The highest BCUT2D eigenvalue weighted by atomic mass is 16.4. The molecule has 2 fully saturated rings. The van der Waals surface area contributed by atoms with Gasteiger partial charge in [0.05, 0.1) is 5.92 Å². The molecule has 1 spiro atoms. The summed E-state index contributed by atoms with van der Waals surface area (Å²) < 4.78 is 0. The largest absolute Gasteiger partial charge is 0.481 e. The number of carboxylic acids is 1. The van der Waals surface area contributed by atoms with Gasteiger partial charge in [0, 0.05) is 18.8 Å². The second kappa shape index (κ2) is 2.71. The summed E-state index contributed by atoms with van der Waals surface area (Å²) in [6, 6.07) is 0. The Bertz CT molecular complexity index is 194. The number of aliphatic carboxylic acids is 1. The van der Waals surface area contributed by atoms with Gasteiger partial charge in [-0.05, 0) is 12.8 Å². The predicted octanol–water partition coefficient (Wildman–Crippen LogP) is -0.240. The van der Waals surface area contributed by atoms with E-state index in [1.54, 1.807) is 0 Å². The molecule has 0 aromatic carbocycles. The van der Waals surface area contributed by atoms with Gasteiger partial charge < -0.3 is 10.4 Å².